The van der Waals surface area contributed by atoms with Crippen LogP contribution in [0, 0.1) is 17.0 Å². The van der Waals surface area contributed by atoms with Crippen molar-refractivity contribution in [2.45, 2.75) is 13.5 Å². The topological polar surface area (TPSA) is 55.2 Å². The van der Waals surface area contributed by atoms with Crippen LogP contribution in [0.4, 0.5) is 11.4 Å². The predicted molar refractivity (Wildman–Crippen MR) is 84.3 cm³/mol. The van der Waals surface area contributed by atoms with E-state index in [1.54, 1.807) is 19.1 Å². The van der Waals surface area contributed by atoms with E-state index in [1.165, 1.54) is 6.07 Å². The highest BCUT2D eigenvalue weighted by atomic mass is 79.9. The summed E-state index contributed by atoms with van der Waals surface area (Å²) in [6.07, 6.45) is 0. The van der Waals surface area contributed by atoms with E-state index in [2.05, 4.69) is 21.2 Å². The van der Waals surface area contributed by atoms with Crippen molar-refractivity contribution in [1.29, 1.82) is 0 Å². The van der Waals surface area contributed by atoms with Gasteiger partial charge in [-0.2, -0.15) is 0 Å². The summed E-state index contributed by atoms with van der Waals surface area (Å²) in [6.45, 7) is 2.25. The van der Waals surface area contributed by atoms with Gasteiger partial charge in [0.2, 0.25) is 0 Å². The fourth-order valence-electron chi connectivity index (χ4n) is 1.84. The summed E-state index contributed by atoms with van der Waals surface area (Å²) in [5, 5.41) is 14.8. The van der Waals surface area contributed by atoms with Gasteiger partial charge in [0.25, 0.3) is 5.69 Å². The number of nitrogens with one attached hydrogen (secondary N) is 1. The lowest BCUT2D eigenvalue weighted by molar-refractivity contribution is -0.385. The minimum atomic E-state index is -0.383. The molecular formula is C14H12BrClN2O2. The van der Waals surface area contributed by atoms with Crippen molar-refractivity contribution in [3.8, 4) is 0 Å². The zero-order chi connectivity index (χ0) is 14.7. The molecule has 0 spiro atoms. The van der Waals surface area contributed by atoms with Crippen molar-refractivity contribution in [3.63, 3.8) is 0 Å². The van der Waals surface area contributed by atoms with Crippen molar-refractivity contribution in [2.75, 3.05) is 5.32 Å². The first-order valence-corrected chi connectivity index (χ1v) is 7.07. The van der Waals surface area contributed by atoms with Gasteiger partial charge in [0, 0.05) is 27.7 Å². The molecule has 0 saturated carbocycles. The van der Waals surface area contributed by atoms with Crippen LogP contribution in [0.5, 0.6) is 0 Å². The highest BCUT2D eigenvalue weighted by Crippen LogP contribution is 2.31. The Morgan fingerprint density at radius 3 is 2.75 bits per heavy atom. The quantitative estimate of drug-likeness (QED) is 0.625. The highest BCUT2D eigenvalue weighted by molar-refractivity contribution is 9.10. The molecule has 2 rings (SSSR count). The molecule has 0 aromatic heterocycles. The average molecular weight is 356 g/mol. The Labute approximate surface area is 130 Å². The summed E-state index contributed by atoms with van der Waals surface area (Å²) >= 11 is 9.33. The van der Waals surface area contributed by atoms with Gasteiger partial charge in [0.15, 0.2) is 0 Å². The number of aryl methyl sites for hydroxylation is 1. The Balaban J connectivity index is 2.21. The van der Waals surface area contributed by atoms with Gasteiger partial charge in [-0.3, -0.25) is 10.1 Å². The maximum Gasteiger partial charge on any atom is 0.274 e. The lowest BCUT2D eigenvalue weighted by Crippen LogP contribution is -2.02. The van der Waals surface area contributed by atoms with Crippen LogP contribution in [0.25, 0.3) is 0 Å². The van der Waals surface area contributed by atoms with Crippen LogP contribution in [-0.4, -0.2) is 4.92 Å². The van der Waals surface area contributed by atoms with Gasteiger partial charge in [-0.25, -0.2) is 0 Å². The summed E-state index contributed by atoms with van der Waals surface area (Å²) in [7, 11) is 0. The van der Waals surface area contributed by atoms with E-state index in [-0.39, 0.29) is 10.6 Å². The molecule has 2 aromatic carbocycles. The number of hydrogen-bond donors (Lipinski definition) is 1. The van der Waals surface area contributed by atoms with Crippen molar-refractivity contribution >= 4 is 38.9 Å². The predicted octanol–water partition coefficient (Wildman–Crippen LogP) is 4.93. The Kier molecular flexibility index (Phi) is 4.62. The molecule has 0 heterocycles. The average Bonchev–Trinajstić information content (AvgIpc) is 2.37. The number of benzene rings is 2. The Morgan fingerprint density at radius 2 is 2.10 bits per heavy atom. The molecule has 0 aliphatic heterocycles. The lowest BCUT2D eigenvalue weighted by Gasteiger charge is -2.10. The van der Waals surface area contributed by atoms with Gasteiger partial charge in [0.05, 0.1) is 10.6 Å². The molecule has 0 saturated heterocycles. The molecule has 1 N–H and O–H groups in total. The van der Waals surface area contributed by atoms with E-state index in [9.17, 15) is 10.1 Å². The Morgan fingerprint density at radius 1 is 1.35 bits per heavy atom. The molecule has 0 radical (unpaired) electrons. The molecule has 104 valence electrons. The summed E-state index contributed by atoms with van der Waals surface area (Å²) in [5.74, 6) is 0. The van der Waals surface area contributed by atoms with Crippen LogP contribution in [0.2, 0.25) is 5.02 Å². The number of halogens is 2. The monoisotopic (exact) mass is 354 g/mol. The normalized spacial score (nSPS) is 10.3. The van der Waals surface area contributed by atoms with Gasteiger partial charge in [-0.15, -0.1) is 0 Å². The summed E-state index contributed by atoms with van der Waals surface area (Å²) < 4.78 is 0.794. The minimum absolute atomic E-state index is 0.0989. The zero-order valence-corrected chi connectivity index (χ0v) is 13.0. The summed E-state index contributed by atoms with van der Waals surface area (Å²) in [5.41, 5.74) is 2.41. The van der Waals surface area contributed by atoms with Crippen molar-refractivity contribution in [3.05, 3.63) is 67.1 Å². The standard InChI is InChI=1S/C14H12BrClN2O2/c1-9-5-12(15)13(7-14(9)18(19)20)17-8-10-3-2-4-11(16)6-10/h2-7,17H,8H2,1H3. The van der Waals surface area contributed by atoms with Crippen LogP contribution >= 0.6 is 27.5 Å². The first-order chi connectivity index (χ1) is 9.47. The third kappa shape index (κ3) is 3.49. The van der Waals surface area contributed by atoms with E-state index >= 15 is 0 Å². The third-order valence-electron chi connectivity index (χ3n) is 2.85. The molecular weight excluding hydrogens is 344 g/mol. The maximum atomic E-state index is 10.9. The van der Waals surface area contributed by atoms with Crippen molar-refractivity contribution in [2.24, 2.45) is 0 Å². The largest absolute Gasteiger partial charge is 0.380 e. The molecule has 0 aliphatic rings. The van der Waals surface area contributed by atoms with E-state index in [0.717, 1.165) is 10.0 Å². The Bertz CT molecular complexity index is 662. The van der Waals surface area contributed by atoms with Crippen LogP contribution in [0.1, 0.15) is 11.1 Å². The molecule has 0 amide bonds. The van der Waals surface area contributed by atoms with Gasteiger partial charge in [0.1, 0.15) is 0 Å². The second-order valence-electron chi connectivity index (χ2n) is 4.36. The third-order valence-corrected chi connectivity index (χ3v) is 3.75. The summed E-state index contributed by atoms with van der Waals surface area (Å²) in [6, 6.07) is 10.7. The molecule has 0 bridgehead atoms. The van der Waals surface area contributed by atoms with Crippen molar-refractivity contribution in [1.82, 2.24) is 0 Å². The molecule has 20 heavy (non-hydrogen) atoms. The van der Waals surface area contributed by atoms with E-state index < -0.39 is 0 Å². The molecule has 0 atom stereocenters. The SMILES string of the molecule is Cc1cc(Br)c(NCc2cccc(Cl)c2)cc1[N+](=O)[O-]. The smallest absolute Gasteiger partial charge is 0.274 e. The van der Waals surface area contributed by atoms with Gasteiger partial charge >= 0.3 is 0 Å². The maximum absolute atomic E-state index is 10.9. The van der Waals surface area contributed by atoms with Crippen LogP contribution in [0.3, 0.4) is 0 Å². The fourth-order valence-corrected chi connectivity index (χ4v) is 2.65. The van der Waals surface area contributed by atoms with Gasteiger partial charge < -0.3 is 5.32 Å². The first kappa shape index (κ1) is 14.8. The molecule has 0 aliphatic carbocycles. The molecule has 0 fully saturated rings. The highest BCUT2D eigenvalue weighted by Gasteiger charge is 2.14. The number of nitrogens with zero attached hydrogens (tertiary/aromatic N) is 1. The van der Waals surface area contributed by atoms with Crippen LogP contribution in [-0.2, 0) is 6.54 Å². The second-order valence-corrected chi connectivity index (χ2v) is 5.65. The van der Waals surface area contributed by atoms with E-state index in [0.29, 0.717) is 22.8 Å². The number of nitro benzene ring substituents is 1. The van der Waals surface area contributed by atoms with Gasteiger partial charge in [-0.1, -0.05) is 23.7 Å². The lowest BCUT2D eigenvalue weighted by atomic mass is 10.1. The molecule has 6 heteroatoms. The number of anilines is 1. The fraction of sp³-hybridized carbons (Fsp3) is 0.143. The minimum Gasteiger partial charge on any atom is -0.380 e. The number of nitro groups is 1. The zero-order valence-electron chi connectivity index (χ0n) is 10.7. The van der Waals surface area contributed by atoms with E-state index in [4.69, 9.17) is 11.6 Å². The van der Waals surface area contributed by atoms with Crippen LogP contribution in [0.15, 0.2) is 40.9 Å². The molecule has 2 aromatic rings. The first-order valence-electron chi connectivity index (χ1n) is 5.90. The molecule has 0 unspecified atom stereocenters. The van der Waals surface area contributed by atoms with Gasteiger partial charge in [-0.05, 0) is 46.6 Å². The number of hydrogen-bond acceptors (Lipinski definition) is 3. The van der Waals surface area contributed by atoms with Crippen LogP contribution < -0.4 is 5.32 Å². The van der Waals surface area contributed by atoms with E-state index in [1.807, 2.05) is 18.2 Å². The number of rotatable bonds is 4. The molecule has 4 nitrogen and oxygen atoms in total. The second kappa shape index (κ2) is 6.24. The van der Waals surface area contributed by atoms with Crippen molar-refractivity contribution < 1.29 is 4.92 Å². The summed E-state index contributed by atoms with van der Waals surface area (Å²) in [4.78, 5) is 10.6. The Hall–Kier alpha value is -1.59.